The fraction of sp³-hybridized carbons (Fsp3) is 0.304. The van der Waals surface area contributed by atoms with E-state index in [-0.39, 0.29) is 11.3 Å². The van der Waals surface area contributed by atoms with E-state index in [9.17, 15) is 4.79 Å². The summed E-state index contributed by atoms with van der Waals surface area (Å²) in [5.74, 6) is 6.27. The van der Waals surface area contributed by atoms with E-state index in [4.69, 9.17) is 11.6 Å². The Morgan fingerprint density at radius 3 is 2.74 bits per heavy atom. The molecule has 0 unspecified atom stereocenters. The molecule has 3 rings (SSSR count). The highest BCUT2D eigenvalue weighted by Gasteiger charge is 2.33. The molecule has 1 saturated heterocycles. The molecule has 0 atom stereocenters. The van der Waals surface area contributed by atoms with Gasteiger partial charge in [0.25, 0.3) is 5.91 Å². The summed E-state index contributed by atoms with van der Waals surface area (Å²) >= 11 is 6.02. The quantitative estimate of drug-likeness (QED) is 0.661. The number of amides is 1. The molecule has 0 saturated carbocycles. The number of nitrogens with zero attached hydrogens (tertiary/aromatic N) is 2. The van der Waals surface area contributed by atoms with Gasteiger partial charge in [-0.15, -0.1) is 0 Å². The Hall–Kier alpha value is -2.57. The van der Waals surface area contributed by atoms with Gasteiger partial charge in [-0.1, -0.05) is 49.1 Å². The van der Waals surface area contributed by atoms with E-state index in [1.807, 2.05) is 48.2 Å². The maximum atomic E-state index is 12.8. The molecule has 1 aromatic heterocycles. The monoisotopic (exact) mass is 378 g/mol. The number of pyridine rings is 1. The Morgan fingerprint density at radius 2 is 2.04 bits per heavy atom. The van der Waals surface area contributed by atoms with E-state index in [0.29, 0.717) is 23.7 Å². The second-order valence-corrected chi connectivity index (χ2v) is 7.91. The largest absolute Gasteiger partial charge is 0.337 e. The first-order valence-electron chi connectivity index (χ1n) is 9.05. The van der Waals surface area contributed by atoms with Crippen LogP contribution in [-0.4, -0.2) is 28.9 Å². The van der Waals surface area contributed by atoms with Gasteiger partial charge in [-0.3, -0.25) is 4.79 Å². The lowest BCUT2D eigenvalue weighted by atomic mass is 9.78. The number of aryl methyl sites for hydroxylation is 1. The summed E-state index contributed by atoms with van der Waals surface area (Å²) in [6, 6.07) is 13.0. The molecule has 0 aliphatic carbocycles. The molecule has 1 aliphatic heterocycles. The molecule has 27 heavy (non-hydrogen) atoms. The maximum Gasteiger partial charge on any atom is 0.253 e. The molecule has 0 N–H and O–H groups in total. The number of hydrogen-bond donors (Lipinski definition) is 0. The first kappa shape index (κ1) is 19.2. The second kappa shape index (κ2) is 7.98. The van der Waals surface area contributed by atoms with Crippen molar-refractivity contribution in [1.29, 1.82) is 0 Å². The van der Waals surface area contributed by atoms with Crippen LogP contribution in [0.25, 0.3) is 0 Å². The molecule has 2 heterocycles. The minimum atomic E-state index is -0.124. The Kier molecular flexibility index (Phi) is 5.68. The Balaban J connectivity index is 1.73. The molecule has 3 nitrogen and oxygen atoms in total. The van der Waals surface area contributed by atoms with Gasteiger partial charge in [0.1, 0.15) is 5.69 Å². The highest BCUT2D eigenvalue weighted by molar-refractivity contribution is 6.30. The Labute approximate surface area is 166 Å². The first-order valence-corrected chi connectivity index (χ1v) is 9.42. The van der Waals surface area contributed by atoms with Gasteiger partial charge in [0.2, 0.25) is 0 Å². The van der Waals surface area contributed by atoms with Crippen LogP contribution in [0.15, 0.2) is 54.1 Å². The van der Waals surface area contributed by atoms with Gasteiger partial charge in [-0.25, -0.2) is 4.98 Å². The molecule has 1 amide bonds. The molecule has 1 aromatic carbocycles. The topological polar surface area (TPSA) is 33.2 Å². The summed E-state index contributed by atoms with van der Waals surface area (Å²) in [5, 5.41) is 0.581. The smallest absolute Gasteiger partial charge is 0.253 e. The molecular formula is C23H23ClN2O. The molecule has 1 fully saturated rings. The van der Waals surface area contributed by atoms with Crippen LogP contribution in [0.3, 0.4) is 0 Å². The fourth-order valence-electron chi connectivity index (χ4n) is 3.31. The van der Waals surface area contributed by atoms with Crippen LogP contribution in [0.5, 0.6) is 0 Å². The van der Waals surface area contributed by atoms with Crippen molar-refractivity contribution >= 4 is 17.5 Å². The van der Waals surface area contributed by atoms with E-state index in [1.54, 1.807) is 12.1 Å². The molecular weight excluding hydrogens is 356 g/mol. The number of allylic oxidation sites excluding steroid dienone is 1. The van der Waals surface area contributed by atoms with E-state index >= 15 is 0 Å². The third-order valence-corrected chi connectivity index (χ3v) is 5.04. The van der Waals surface area contributed by atoms with Crippen LogP contribution < -0.4 is 0 Å². The standard InChI is InChI=1S/C23H23ClN2O/c1-17-7-4-11-21(25-17)12-6-9-19-13-14-26(16-23(19,2)3)22(27)18-8-5-10-20(24)15-18/h4-5,7-11,15H,13-14,16H2,1-3H3/b19-9+. The minimum Gasteiger partial charge on any atom is -0.337 e. The lowest BCUT2D eigenvalue weighted by Gasteiger charge is -2.40. The van der Waals surface area contributed by atoms with Gasteiger partial charge < -0.3 is 4.90 Å². The number of likely N-dealkylation sites (tertiary alicyclic amines) is 1. The fourth-order valence-corrected chi connectivity index (χ4v) is 3.50. The number of aromatic nitrogens is 1. The number of rotatable bonds is 1. The predicted octanol–water partition coefficient (Wildman–Crippen LogP) is 4.89. The zero-order valence-corrected chi connectivity index (χ0v) is 16.7. The highest BCUT2D eigenvalue weighted by atomic mass is 35.5. The van der Waals surface area contributed by atoms with Crippen molar-refractivity contribution in [3.8, 4) is 11.8 Å². The van der Waals surface area contributed by atoms with Crippen molar-refractivity contribution in [3.63, 3.8) is 0 Å². The molecule has 2 aromatic rings. The summed E-state index contributed by atoms with van der Waals surface area (Å²) in [6.07, 6.45) is 2.81. The third kappa shape index (κ3) is 4.78. The lowest BCUT2D eigenvalue weighted by Crippen LogP contribution is -2.44. The van der Waals surface area contributed by atoms with E-state index in [1.165, 1.54) is 5.57 Å². The van der Waals surface area contributed by atoms with E-state index in [0.717, 1.165) is 17.8 Å². The zero-order valence-electron chi connectivity index (χ0n) is 15.9. The maximum absolute atomic E-state index is 12.8. The first-order chi connectivity index (χ1) is 12.8. The van der Waals surface area contributed by atoms with Crippen molar-refractivity contribution in [2.24, 2.45) is 5.41 Å². The number of halogens is 1. The summed E-state index contributed by atoms with van der Waals surface area (Å²) in [4.78, 5) is 19.1. The molecule has 138 valence electrons. The summed E-state index contributed by atoms with van der Waals surface area (Å²) in [6.45, 7) is 7.62. The molecule has 4 heteroatoms. The van der Waals surface area contributed by atoms with Crippen LogP contribution in [0, 0.1) is 24.2 Å². The number of hydrogen-bond acceptors (Lipinski definition) is 2. The summed E-state index contributed by atoms with van der Waals surface area (Å²) in [5.41, 5.74) is 3.51. The van der Waals surface area contributed by atoms with E-state index < -0.39 is 0 Å². The van der Waals surface area contributed by atoms with Crippen LogP contribution in [-0.2, 0) is 0 Å². The van der Waals surface area contributed by atoms with Crippen LogP contribution in [0.2, 0.25) is 5.02 Å². The number of benzene rings is 1. The summed E-state index contributed by atoms with van der Waals surface area (Å²) < 4.78 is 0. The third-order valence-electron chi connectivity index (χ3n) is 4.80. The predicted molar refractivity (Wildman–Crippen MR) is 110 cm³/mol. The average Bonchev–Trinajstić information content (AvgIpc) is 2.62. The number of piperidine rings is 1. The Morgan fingerprint density at radius 1 is 1.26 bits per heavy atom. The van der Waals surface area contributed by atoms with Crippen molar-refractivity contribution in [1.82, 2.24) is 9.88 Å². The normalized spacial score (nSPS) is 17.3. The van der Waals surface area contributed by atoms with Gasteiger partial charge in [0.15, 0.2) is 0 Å². The van der Waals surface area contributed by atoms with Crippen molar-refractivity contribution in [2.75, 3.05) is 13.1 Å². The Bertz CT molecular complexity index is 950. The van der Waals surface area contributed by atoms with Gasteiger partial charge in [-0.2, -0.15) is 0 Å². The second-order valence-electron chi connectivity index (χ2n) is 7.47. The van der Waals surface area contributed by atoms with Crippen LogP contribution in [0.4, 0.5) is 0 Å². The van der Waals surface area contributed by atoms with E-state index in [2.05, 4.69) is 30.7 Å². The SMILES string of the molecule is Cc1cccc(C#C/C=C2\CCN(C(=O)c3cccc(Cl)c3)CC2(C)C)n1. The van der Waals surface area contributed by atoms with Crippen LogP contribution >= 0.6 is 11.6 Å². The number of carbonyl (C=O) groups is 1. The lowest BCUT2D eigenvalue weighted by molar-refractivity contribution is 0.0663. The molecule has 0 bridgehead atoms. The average molecular weight is 379 g/mol. The molecule has 0 spiro atoms. The van der Waals surface area contributed by atoms with Gasteiger partial charge in [0.05, 0.1) is 0 Å². The van der Waals surface area contributed by atoms with Crippen LogP contribution in [0.1, 0.15) is 42.0 Å². The van der Waals surface area contributed by atoms with Crippen molar-refractivity contribution < 1.29 is 4.79 Å². The van der Waals surface area contributed by atoms with Crippen molar-refractivity contribution in [2.45, 2.75) is 27.2 Å². The number of carbonyl (C=O) groups excluding carboxylic acids is 1. The minimum absolute atomic E-state index is 0.0275. The molecule has 1 aliphatic rings. The van der Waals surface area contributed by atoms with Gasteiger partial charge >= 0.3 is 0 Å². The highest BCUT2D eigenvalue weighted by Crippen LogP contribution is 2.34. The zero-order chi connectivity index (χ0) is 19.4. The molecule has 0 radical (unpaired) electrons. The van der Waals surface area contributed by atoms with Gasteiger partial charge in [-0.05, 0) is 55.7 Å². The summed E-state index contributed by atoms with van der Waals surface area (Å²) in [7, 11) is 0. The van der Waals surface area contributed by atoms with Gasteiger partial charge in [0, 0.05) is 34.8 Å². The van der Waals surface area contributed by atoms with Crippen molar-refractivity contribution in [3.05, 3.63) is 76.1 Å².